The summed E-state index contributed by atoms with van der Waals surface area (Å²) < 4.78 is 5.10. The van der Waals surface area contributed by atoms with Gasteiger partial charge in [0.2, 0.25) is 0 Å². The topological polar surface area (TPSA) is 43.4 Å². The number of aryl methyl sites for hydroxylation is 1. The quantitative estimate of drug-likeness (QED) is 0.565. The Kier molecular flexibility index (Phi) is 5.46. The summed E-state index contributed by atoms with van der Waals surface area (Å²) in [5.41, 5.74) is 4.18. The minimum atomic E-state index is -0.174. The van der Waals surface area contributed by atoms with Crippen molar-refractivity contribution in [1.82, 2.24) is 0 Å². The molecule has 0 saturated heterocycles. The maximum Gasteiger partial charge on any atom is 0.171 e. The summed E-state index contributed by atoms with van der Waals surface area (Å²) in [4.78, 5) is 25.3. The van der Waals surface area contributed by atoms with E-state index in [1.807, 2.05) is 19.9 Å². The van der Waals surface area contributed by atoms with Crippen LogP contribution in [-0.2, 0) is 5.41 Å². The lowest BCUT2D eigenvalue weighted by molar-refractivity contribution is 0.0893. The van der Waals surface area contributed by atoms with Crippen molar-refractivity contribution in [3.8, 4) is 5.75 Å². The number of hydrogen-bond acceptors (Lipinski definition) is 3. The zero-order chi connectivity index (χ0) is 18.8. The number of Topliss-reactive ketones (excluding diaryl/α,β-unsaturated/α-hetero) is 2. The average molecular weight is 338 g/mol. The number of carbonyl (C=O) groups excluding carboxylic acids is 2. The third kappa shape index (κ3) is 4.16. The van der Waals surface area contributed by atoms with Gasteiger partial charge < -0.3 is 4.74 Å². The first-order valence-corrected chi connectivity index (χ1v) is 8.46. The lowest BCUT2D eigenvalue weighted by Crippen LogP contribution is -2.18. The minimum Gasteiger partial charge on any atom is -0.497 e. The van der Waals surface area contributed by atoms with E-state index in [0.717, 1.165) is 16.7 Å². The molecule has 0 aliphatic carbocycles. The van der Waals surface area contributed by atoms with Gasteiger partial charge in [-0.25, -0.2) is 0 Å². The molecule has 3 heteroatoms. The van der Waals surface area contributed by atoms with Crippen LogP contribution in [0, 0.1) is 13.8 Å². The summed E-state index contributed by atoms with van der Waals surface area (Å²) >= 11 is 0. The average Bonchev–Trinajstić information content (AvgIpc) is 2.53. The zero-order valence-electron chi connectivity index (χ0n) is 15.9. The number of ether oxygens (including phenoxy) is 1. The molecule has 2 rings (SSSR count). The van der Waals surface area contributed by atoms with Gasteiger partial charge in [0.25, 0.3) is 0 Å². The van der Waals surface area contributed by atoms with Crippen molar-refractivity contribution in [2.75, 3.05) is 7.11 Å². The molecule has 0 aromatic heterocycles. The Morgan fingerprint density at radius 1 is 0.920 bits per heavy atom. The number of ketones is 2. The molecule has 0 unspecified atom stereocenters. The molecule has 0 N–H and O–H groups in total. The fourth-order valence-corrected chi connectivity index (χ4v) is 3.20. The second-order valence-corrected chi connectivity index (χ2v) is 7.43. The number of hydrogen-bond donors (Lipinski definition) is 0. The molecule has 0 aliphatic heterocycles. The van der Waals surface area contributed by atoms with Crippen molar-refractivity contribution in [3.63, 3.8) is 0 Å². The number of carbonyl (C=O) groups is 2. The van der Waals surface area contributed by atoms with Gasteiger partial charge in [0.15, 0.2) is 11.6 Å². The van der Waals surface area contributed by atoms with Crippen molar-refractivity contribution in [1.29, 1.82) is 0 Å². The Morgan fingerprint density at radius 2 is 1.52 bits per heavy atom. The van der Waals surface area contributed by atoms with Crippen LogP contribution < -0.4 is 4.74 Å². The molecule has 0 fully saturated rings. The summed E-state index contributed by atoms with van der Waals surface area (Å²) in [6.45, 7) is 10.3. The molecule has 0 aliphatic rings. The summed E-state index contributed by atoms with van der Waals surface area (Å²) in [5, 5.41) is 0. The van der Waals surface area contributed by atoms with Crippen molar-refractivity contribution in [2.24, 2.45) is 0 Å². The predicted octanol–water partition coefficient (Wildman–Crippen LogP) is 5.07. The number of rotatable bonds is 5. The molecule has 0 bridgehead atoms. The van der Waals surface area contributed by atoms with Gasteiger partial charge in [-0.2, -0.15) is 0 Å². The summed E-state index contributed by atoms with van der Waals surface area (Å²) in [5.74, 6) is 0.391. The van der Waals surface area contributed by atoms with Crippen molar-refractivity contribution in [2.45, 2.75) is 46.5 Å². The van der Waals surface area contributed by atoms with E-state index in [0.29, 0.717) is 16.9 Å². The molecule has 0 saturated carbocycles. The van der Waals surface area contributed by atoms with E-state index >= 15 is 0 Å². The van der Waals surface area contributed by atoms with Gasteiger partial charge in [0.1, 0.15) is 5.75 Å². The lowest BCUT2D eigenvalue weighted by atomic mass is 9.80. The van der Waals surface area contributed by atoms with Crippen LogP contribution in [0.25, 0.3) is 0 Å². The standard InChI is InChI=1S/C22H26O3/c1-14-7-12-18(22(3,4)5)15(2)21(14)20(24)13-19(23)16-8-10-17(25-6)11-9-16/h7-12H,13H2,1-6H3. The van der Waals surface area contributed by atoms with Crippen LogP contribution in [0.1, 0.15) is 64.6 Å². The highest BCUT2D eigenvalue weighted by Crippen LogP contribution is 2.30. The summed E-state index contributed by atoms with van der Waals surface area (Å²) in [6.07, 6.45) is -0.123. The lowest BCUT2D eigenvalue weighted by Gasteiger charge is -2.24. The van der Waals surface area contributed by atoms with Crippen LogP contribution in [0.5, 0.6) is 5.75 Å². The van der Waals surface area contributed by atoms with E-state index in [1.54, 1.807) is 31.4 Å². The highest BCUT2D eigenvalue weighted by molar-refractivity contribution is 6.14. The second kappa shape index (κ2) is 7.22. The molecular weight excluding hydrogens is 312 g/mol. The van der Waals surface area contributed by atoms with E-state index in [4.69, 9.17) is 4.74 Å². The van der Waals surface area contributed by atoms with Crippen molar-refractivity contribution in [3.05, 3.63) is 64.2 Å². The van der Waals surface area contributed by atoms with E-state index < -0.39 is 0 Å². The van der Waals surface area contributed by atoms with Crippen LogP contribution in [-0.4, -0.2) is 18.7 Å². The first kappa shape index (κ1) is 18.9. The molecule has 0 heterocycles. The van der Waals surface area contributed by atoms with Gasteiger partial charge in [-0.05, 0) is 60.2 Å². The van der Waals surface area contributed by atoms with Crippen LogP contribution in [0.4, 0.5) is 0 Å². The highest BCUT2D eigenvalue weighted by atomic mass is 16.5. The summed E-state index contributed by atoms with van der Waals surface area (Å²) in [7, 11) is 1.58. The van der Waals surface area contributed by atoms with Crippen LogP contribution in [0.2, 0.25) is 0 Å². The largest absolute Gasteiger partial charge is 0.497 e. The maximum absolute atomic E-state index is 12.8. The fourth-order valence-electron chi connectivity index (χ4n) is 3.20. The molecule has 2 aromatic carbocycles. The minimum absolute atomic E-state index is 0.0488. The van der Waals surface area contributed by atoms with E-state index in [1.165, 1.54) is 0 Å². The molecule has 0 radical (unpaired) electrons. The second-order valence-electron chi connectivity index (χ2n) is 7.43. The van der Waals surface area contributed by atoms with Gasteiger partial charge in [0.05, 0.1) is 13.5 Å². The molecule has 0 atom stereocenters. The van der Waals surface area contributed by atoms with E-state index in [9.17, 15) is 9.59 Å². The third-order valence-electron chi connectivity index (χ3n) is 4.49. The van der Waals surface area contributed by atoms with E-state index in [-0.39, 0.29) is 23.4 Å². The molecule has 132 valence electrons. The SMILES string of the molecule is COc1ccc(C(=O)CC(=O)c2c(C)ccc(C(C)(C)C)c2C)cc1. The van der Waals surface area contributed by atoms with Crippen LogP contribution in [0.15, 0.2) is 36.4 Å². The maximum atomic E-state index is 12.8. The highest BCUT2D eigenvalue weighted by Gasteiger charge is 2.23. The Morgan fingerprint density at radius 3 is 2.04 bits per heavy atom. The van der Waals surface area contributed by atoms with Crippen molar-refractivity contribution >= 4 is 11.6 Å². The van der Waals surface area contributed by atoms with Gasteiger partial charge in [0, 0.05) is 11.1 Å². The zero-order valence-corrected chi connectivity index (χ0v) is 15.9. The predicted molar refractivity (Wildman–Crippen MR) is 101 cm³/mol. The smallest absolute Gasteiger partial charge is 0.171 e. The van der Waals surface area contributed by atoms with Gasteiger partial charge >= 0.3 is 0 Å². The Balaban J connectivity index is 2.30. The van der Waals surface area contributed by atoms with Gasteiger partial charge in [-0.1, -0.05) is 32.9 Å². The molecule has 2 aromatic rings. The van der Waals surface area contributed by atoms with Crippen molar-refractivity contribution < 1.29 is 14.3 Å². The summed E-state index contributed by atoms with van der Waals surface area (Å²) in [6, 6.07) is 10.9. The van der Waals surface area contributed by atoms with Crippen LogP contribution in [0.3, 0.4) is 0 Å². The van der Waals surface area contributed by atoms with E-state index in [2.05, 4.69) is 26.8 Å². The molecule has 0 spiro atoms. The number of methoxy groups -OCH3 is 1. The molecule has 0 amide bonds. The normalized spacial score (nSPS) is 11.3. The first-order chi connectivity index (χ1) is 11.6. The fraction of sp³-hybridized carbons (Fsp3) is 0.364. The monoisotopic (exact) mass is 338 g/mol. The van der Waals surface area contributed by atoms with Gasteiger partial charge in [-0.3, -0.25) is 9.59 Å². The Bertz CT molecular complexity index is 793. The Labute approximate surface area is 150 Å². The first-order valence-electron chi connectivity index (χ1n) is 8.46. The molecule has 3 nitrogen and oxygen atoms in total. The Hall–Kier alpha value is -2.42. The van der Waals surface area contributed by atoms with Gasteiger partial charge in [-0.15, -0.1) is 0 Å². The third-order valence-corrected chi connectivity index (χ3v) is 4.49. The molecule has 25 heavy (non-hydrogen) atoms. The molecular formula is C22H26O3. The van der Waals surface area contributed by atoms with Crippen LogP contribution >= 0.6 is 0 Å². The number of benzene rings is 2.